The summed E-state index contributed by atoms with van der Waals surface area (Å²) in [6, 6.07) is 0. The number of amides is 1. The molecule has 0 unspecified atom stereocenters. The van der Waals surface area contributed by atoms with Crippen molar-refractivity contribution < 1.29 is 4.79 Å². The van der Waals surface area contributed by atoms with Gasteiger partial charge in [-0.3, -0.25) is 4.79 Å². The molecule has 1 aliphatic heterocycles. The van der Waals surface area contributed by atoms with E-state index in [0.29, 0.717) is 0 Å². The summed E-state index contributed by atoms with van der Waals surface area (Å²) in [7, 11) is 0. The largest absolute Gasteiger partial charge is 0.351 e. The van der Waals surface area contributed by atoms with Crippen LogP contribution in [0, 0.1) is 5.92 Å². The van der Waals surface area contributed by atoms with Gasteiger partial charge in [-0.2, -0.15) is 0 Å². The van der Waals surface area contributed by atoms with Gasteiger partial charge < -0.3 is 10.6 Å². The molecule has 1 amide bonds. The van der Waals surface area contributed by atoms with Crippen LogP contribution in [0.15, 0.2) is 12.2 Å². The molecule has 84 valence electrons. The lowest BCUT2D eigenvalue weighted by Crippen LogP contribution is -2.53. The standard InChI is InChI=1S/C12H20N2O/c1-12(6-8-13-9-7-12)14-11(15)10-4-2-3-5-10/h2-3,10,13H,4-9H2,1H3,(H,14,15). The molecule has 1 aliphatic carbocycles. The monoisotopic (exact) mass is 208 g/mol. The predicted octanol–water partition coefficient (Wildman–Crippen LogP) is 1.21. The van der Waals surface area contributed by atoms with Crippen LogP contribution in [-0.2, 0) is 4.79 Å². The van der Waals surface area contributed by atoms with E-state index >= 15 is 0 Å². The first kappa shape index (κ1) is 10.7. The molecule has 2 N–H and O–H groups in total. The first-order valence-electron chi connectivity index (χ1n) is 5.87. The Kier molecular flexibility index (Phi) is 3.10. The van der Waals surface area contributed by atoms with E-state index < -0.39 is 0 Å². The summed E-state index contributed by atoms with van der Waals surface area (Å²) in [5.74, 6) is 0.432. The van der Waals surface area contributed by atoms with E-state index in [0.717, 1.165) is 38.8 Å². The van der Waals surface area contributed by atoms with Crippen LogP contribution >= 0.6 is 0 Å². The van der Waals surface area contributed by atoms with Gasteiger partial charge in [0.05, 0.1) is 0 Å². The first-order valence-corrected chi connectivity index (χ1v) is 5.87. The van der Waals surface area contributed by atoms with Crippen molar-refractivity contribution in [2.75, 3.05) is 13.1 Å². The molecule has 0 bridgehead atoms. The zero-order chi connectivity index (χ0) is 10.7. The molecule has 0 spiro atoms. The first-order chi connectivity index (χ1) is 7.20. The van der Waals surface area contributed by atoms with Gasteiger partial charge in [0.1, 0.15) is 0 Å². The molecule has 0 aromatic rings. The quantitative estimate of drug-likeness (QED) is 0.670. The minimum Gasteiger partial charge on any atom is -0.351 e. The molecule has 2 rings (SSSR count). The van der Waals surface area contributed by atoms with E-state index in [2.05, 4.69) is 29.7 Å². The Hall–Kier alpha value is -0.830. The smallest absolute Gasteiger partial charge is 0.224 e. The van der Waals surface area contributed by atoms with Crippen LogP contribution in [0.3, 0.4) is 0 Å². The molecule has 2 aliphatic rings. The Bertz CT molecular complexity index is 259. The fourth-order valence-electron chi connectivity index (χ4n) is 2.33. The maximum atomic E-state index is 11.9. The Morgan fingerprint density at radius 3 is 2.53 bits per heavy atom. The molecule has 3 heteroatoms. The molecule has 1 heterocycles. The molecule has 0 saturated carbocycles. The summed E-state index contributed by atoms with van der Waals surface area (Å²) in [4.78, 5) is 11.9. The second kappa shape index (κ2) is 4.35. The van der Waals surface area contributed by atoms with E-state index in [1.807, 2.05) is 0 Å². The maximum Gasteiger partial charge on any atom is 0.224 e. The van der Waals surface area contributed by atoms with Gasteiger partial charge in [-0.1, -0.05) is 12.2 Å². The van der Waals surface area contributed by atoms with Crippen LogP contribution in [-0.4, -0.2) is 24.5 Å². The average Bonchev–Trinajstić information content (AvgIpc) is 2.70. The van der Waals surface area contributed by atoms with Crippen LogP contribution in [0.4, 0.5) is 0 Å². The van der Waals surface area contributed by atoms with Gasteiger partial charge in [-0.25, -0.2) is 0 Å². The van der Waals surface area contributed by atoms with Crippen molar-refractivity contribution >= 4 is 5.91 Å². The third-order valence-corrected chi connectivity index (χ3v) is 3.51. The van der Waals surface area contributed by atoms with Crippen LogP contribution in [0.25, 0.3) is 0 Å². The third-order valence-electron chi connectivity index (χ3n) is 3.51. The third kappa shape index (κ3) is 2.59. The number of hydrogen-bond donors (Lipinski definition) is 2. The molecule has 3 nitrogen and oxygen atoms in total. The number of rotatable bonds is 2. The van der Waals surface area contributed by atoms with E-state index in [-0.39, 0.29) is 17.4 Å². The Morgan fingerprint density at radius 2 is 1.93 bits per heavy atom. The minimum absolute atomic E-state index is 0.0188. The Morgan fingerprint density at radius 1 is 1.33 bits per heavy atom. The molecular weight excluding hydrogens is 188 g/mol. The molecule has 0 radical (unpaired) electrons. The van der Waals surface area contributed by atoms with E-state index in [9.17, 15) is 4.79 Å². The zero-order valence-electron chi connectivity index (χ0n) is 9.38. The van der Waals surface area contributed by atoms with Crippen molar-refractivity contribution in [3.8, 4) is 0 Å². The normalized spacial score (nSPS) is 25.4. The van der Waals surface area contributed by atoms with Crippen LogP contribution in [0.1, 0.15) is 32.6 Å². The van der Waals surface area contributed by atoms with E-state index in [1.54, 1.807) is 0 Å². The van der Waals surface area contributed by atoms with Crippen molar-refractivity contribution in [1.82, 2.24) is 10.6 Å². The summed E-state index contributed by atoms with van der Waals surface area (Å²) in [6.45, 7) is 4.19. The molecule has 0 aromatic carbocycles. The lowest BCUT2D eigenvalue weighted by molar-refractivity contribution is -0.126. The average molecular weight is 208 g/mol. The summed E-state index contributed by atoms with van der Waals surface area (Å²) >= 11 is 0. The molecule has 0 aromatic heterocycles. The zero-order valence-corrected chi connectivity index (χ0v) is 9.38. The SMILES string of the molecule is CC1(NC(=O)C2CC=CC2)CCNCC1. The number of nitrogens with one attached hydrogen (secondary N) is 2. The van der Waals surface area contributed by atoms with Gasteiger partial charge in [0, 0.05) is 11.5 Å². The second-order valence-corrected chi connectivity index (χ2v) is 4.94. The second-order valence-electron chi connectivity index (χ2n) is 4.94. The summed E-state index contributed by atoms with van der Waals surface area (Å²) < 4.78 is 0. The fraction of sp³-hybridized carbons (Fsp3) is 0.750. The predicted molar refractivity (Wildman–Crippen MR) is 60.5 cm³/mol. The van der Waals surface area contributed by atoms with Gasteiger partial charge in [-0.05, 0) is 45.7 Å². The fourth-order valence-corrected chi connectivity index (χ4v) is 2.33. The summed E-state index contributed by atoms with van der Waals surface area (Å²) in [5, 5.41) is 6.54. The highest BCUT2D eigenvalue weighted by molar-refractivity contribution is 5.80. The number of carbonyl (C=O) groups is 1. The molecule has 1 fully saturated rings. The summed E-state index contributed by atoms with van der Waals surface area (Å²) in [6.07, 6.45) is 8.13. The molecule has 0 atom stereocenters. The Balaban J connectivity index is 1.86. The van der Waals surface area contributed by atoms with Crippen molar-refractivity contribution in [2.45, 2.75) is 38.1 Å². The van der Waals surface area contributed by atoms with Gasteiger partial charge >= 0.3 is 0 Å². The van der Waals surface area contributed by atoms with E-state index in [1.165, 1.54) is 0 Å². The van der Waals surface area contributed by atoms with Crippen LogP contribution in [0.2, 0.25) is 0 Å². The molecule has 15 heavy (non-hydrogen) atoms. The lowest BCUT2D eigenvalue weighted by Gasteiger charge is -2.35. The number of hydrogen-bond acceptors (Lipinski definition) is 2. The number of carbonyl (C=O) groups excluding carboxylic acids is 1. The van der Waals surface area contributed by atoms with Crippen molar-refractivity contribution in [3.05, 3.63) is 12.2 Å². The number of piperidine rings is 1. The van der Waals surface area contributed by atoms with Crippen molar-refractivity contribution in [3.63, 3.8) is 0 Å². The van der Waals surface area contributed by atoms with Crippen molar-refractivity contribution in [2.24, 2.45) is 5.92 Å². The Labute approximate surface area is 91.3 Å². The van der Waals surface area contributed by atoms with Crippen LogP contribution < -0.4 is 10.6 Å². The molecule has 1 saturated heterocycles. The lowest BCUT2D eigenvalue weighted by atomic mass is 9.89. The number of allylic oxidation sites excluding steroid dienone is 2. The van der Waals surface area contributed by atoms with Gasteiger partial charge in [0.25, 0.3) is 0 Å². The highest BCUT2D eigenvalue weighted by Gasteiger charge is 2.30. The van der Waals surface area contributed by atoms with Gasteiger partial charge in [0.2, 0.25) is 5.91 Å². The van der Waals surface area contributed by atoms with Crippen molar-refractivity contribution in [1.29, 1.82) is 0 Å². The molecular formula is C12H20N2O. The summed E-state index contributed by atoms with van der Waals surface area (Å²) in [5.41, 5.74) is 0.0188. The minimum atomic E-state index is 0.0188. The highest BCUT2D eigenvalue weighted by Crippen LogP contribution is 2.22. The van der Waals surface area contributed by atoms with Gasteiger partial charge in [0.15, 0.2) is 0 Å². The topological polar surface area (TPSA) is 41.1 Å². The van der Waals surface area contributed by atoms with E-state index in [4.69, 9.17) is 0 Å². The van der Waals surface area contributed by atoms with Crippen LogP contribution in [0.5, 0.6) is 0 Å². The van der Waals surface area contributed by atoms with Gasteiger partial charge in [-0.15, -0.1) is 0 Å². The highest BCUT2D eigenvalue weighted by atomic mass is 16.2. The maximum absolute atomic E-state index is 11.9.